The zero-order chi connectivity index (χ0) is 19.7. The molecule has 0 unspecified atom stereocenters. The zero-order valence-electron chi connectivity index (χ0n) is 15.3. The van der Waals surface area contributed by atoms with E-state index in [0.29, 0.717) is 48.2 Å². The lowest BCUT2D eigenvalue weighted by Crippen LogP contribution is -2.38. The summed E-state index contributed by atoms with van der Waals surface area (Å²) in [5.74, 6) is 0.375. The molecule has 28 heavy (non-hydrogen) atoms. The Hall–Kier alpha value is -2.52. The fourth-order valence-corrected chi connectivity index (χ4v) is 4.26. The summed E-state index contributed by atoms with van der Waals surface area (Å²) in [5.41, 5.74) is 0.612. The van der Waals surface area contributed by atoms with Gasteiger partial charge in [0, 0.05) is 37.0 Å². The van der Waals surface area contributed by atoms with E-state index in [1.807, 2.05) is 6.92 Å². The summed E-state index contributed by atoms with van der Waals surface area (Å²) in [6, 6.07) is 4.91. The molecule has 3 aromatic heterocycles. The topological polar surface area (TPSA) is 92.5 Å². The van der Waals surface area contributed by atoms with Crippen molar-refractivity contribution in [3.05, 3.63) is 45.5 Å². The van der Waals surface area contributed by atoms with E-state index < -0.39 is 0 Å². The highest BCUT2D eigenvalue weighted by Crippen LogP contribution is 2.27. The molecule has 146 valence electrons. The number of amides is 1. The van der Waals surface area contributed by atoms with Gasteiger partial charge in [0.05, 0.1) is 5.02 Å². The Labute approximate surface area is 170 Å². The zero-order valence-corrected chi connectivity index (χ0v) is 16.8. The molecule has 8 nitrogen and oxygen atoms in total. The Bertz CT molecular complexity index is 1060. The molecule has 1 aliphatic rings. The van der Waals surface area contributed by atoms with Gasteiger partial charge in [0.15, 0.2) is 0 Å². The van der Waals surface area contributed by atoms with Crippen LogP contribution in [0.4, 0.5) is 10.9 Å². The molecule has 1 fully saturated rings. The SMILES string of the molecule is CCc1cc(=O)n2nc(N3CCC(C(=O)Nc4ccc(Cl)cn4)CC3)sc2n1. The number of halogens is 1. The first-order valence-corrected chi connectivity index (χ1v) is 10.3. The van der Waals surface area contributed by atoms with E-state index >= 15 is 0 Å². The van der Waals surface area contributed by atoms with Gasteiger partial charge in [-0.2, -0.15) is 4.52 Å². The third-order valence-corrected chi connectivity index (χ3v) is 5.96. The van der Waals surface area contributed by atoms with Gasteiger partial charge >= 0.3 is 0 Å². The Morgan fingerprint density at radius 2 is 2.14 bits per heavy atom. The first-order chi connectivity index (χ1) is 13.5. The van der Waals surface area contributed by atoms with Gasteiger partial charge in [0.25, 0.3) is 5.56 Å². The molecule has 0 saturated carbocycles. The number of rotatable bonds is 4. The molecule has 1 amide bonds. The number of aryl methyl sites for hydroxylation is 1. The molecule has 1 saturated heterocycles. The number of nitrogens with zero attached hydrogens (tertiary/aromatic N) is 5. The predicted octanol–water partition coefficient (Wildman–Crippen LogP) is 2.62. The van der Waals surface area contributed by atoms with Crippen molar-refractivity contribution in [1.29, 1.82) is 0 Å². The van der Waals surface area contributed by atoms with Gasteiger partial charge in [0.1, 0.15) is 5.82 Å². The number of carbonyl (C=O) groups is 1. The number of hydrogen-bond acceptors (Lipinski definition) is 7. The van der Waals surface area contributed by atoms with E-state index in [4.69, 9.17) is 11.6 Å². The molecule has 0 radical (unpaired) electrons. The molecule has 4 rings (SSSR count). The number of pyridine rings is 1. The summed E-state index contributed by atoms with van der Waals surface area (Å²) in [6.07, 6.45) is 3.63. The number of aromatic nitrogens is 4. The number of carbonyl (C=O) groups excluding carboxylic acids is 1. The molecular formula is C18H19ClN6O2S. The molecule has 0 atom stereocenters. The summed E-state index contributed by atoms with van der Waals surface area (Å²) >= 11 is 7.22. The molecule has 10 heteroatoms. The highest BCUT2D eigenvalue weighted by atomic mass is 35.5. The fourth-order valence-electron chi connectivity index (χ4n) is 3.17. The lowest BCUT2D eigenvalue weighted by molar-refractivity contribution is -0.120. The summed E-state index contributed by atoms with van der Waals surface area (Å²) in [5, 5.41) is 8.55. The molecule has 0 aromatic carbocycles. The molecule has 3 aromatic rings. The van der Waals surface area contributed by atoms with Crippen molar-refractivity contribution in [1.82, 2.24) is 19.6 Å². The van der Waals surface area contributed by atoms with Crippen LogP contribution in [-0.2, 0) is 11.2 Å². The predicted molar refractivity (Wildman–Crippen MR) is 109 cm³/mol. The van der Waals surface area contributed by atoms with Crippen molar-refractivity contribution in [3.63, 3.8) is 0 Å². The second kappa shape index (κ2) is 7.84. The van der Waals surface area contributed by atoms with Crippen molar-refractivity contribution in [2.45, 2.75) is 26.2 Å². The average molecular weight is 419 g/mol. The van der Waals surface area contributed by atoms with Gasteiger partial charge in [-0.15, -0.1) is 5.10 Å². The van der Waals surface area contributed by atoms with Gasteiger partial charge in [-0.3, -0.25) is 9.59 Å². The van der Waals surface area contributed by atoms with E-state index in [2.05, 4.69) is 25.3 Å². The molecule has 1 N–H and O–H groups in total. The van der Waals surface area contributed by atoms with Crippen LogP contribution in [0.15, 0.2) is 29.2 Å². The summed E-state index contributed by atoms with van der Waals surface area (Å²) in [7, 11) is 0. The van der Waals surface area contributed by atoms with E-state index in [-0.39, 0.29) is 17.4 Å². The smallest absolute Gasteiger partial charge is 0.275 e. The average Bonchev–Trinajstić information content (AvgIpc) is 3.14. The second-order valence-electron chi connectivity index (χ2n) is 6.63. The minimum Gasteiger partial charge on any atom is -0.347 e. The van der Waals surface area contributed by atoms with Crippen LogP contribution in [0.5, 0.6) is 0 Å². The highest BCUT2D eigenvalue weighted by molar-refractivity contribution is 7.20. The van der Waals surface area contributed by atoms with Crippen molar-refractivity contribution >= 4 is 44.8 Å². The maximum atomic E-state index is 12.5. The minimum absolute atomic E-state index is 0.0377. The van der Waals surface area contributed by atoms with Crippen LogP contribution in [0.25, 0.3) is 4.96 Å². The quantitative estimate of drug-likeness (QED) is 0.700. The second-order valence-corrected chi connectivity index (χ2v) is 8.00. The first-order valence-electron chi connectivity index (χ1n) is 9.10. The fraction of sp³-hybridized carbons (Fsp3) is 0.389. The maximum absolute atomic E-state index is 12.5. The molecule has 1 aliphatic heterocycles. The number of anilines is 2. The van der Waals surface area contributed by atoms with E-state index in [1.165, 1.54) is 28.1 Å². The molecule has 0 bridgehead atoms. The van der Waals surface area contributed by atoms with Crippen LogP contribution in [0, 0.1) is 5.92 Å². The standard InChI is InChI=1S/C18H19ClN6O2S/c1-2-13-9-15(26)25-17(21-13)28-18(23-25)24-7-5-11(6-8-24)16(27)22-14-4-3-12(19)10-20-14/h3-4,9-11H,2,5-8H2,1H3,(H,20,22,27). The number of fused-ring (bicyclic) bond motifs is 1. The number of nitrogens with one attached hydrogen (secondary N) is 1. The van der Waals surface area contributed by atoms with Gasteiger partial charge in [-0.25, -0.2) is 9.97 Å². The Morgan fingerprint density at radius 3 is 2.82 bits per heavy atom. The maximum Gasteiger partial charge on any atom is 0.275 e. The number of piperidine rings is 1. The van der Waals surface area contributed by atoms with Crippen molar-refractivity contribution in [3.8, 4) is 0 Å². The third-order valence-electron chi connectivity index (χ3n) is 4.76. The van der Waals surface area contributed by atoms with Crippen LogP contribution in [-0.4, -0.2) is 38.6 Å². The number of hydrogen-bond donors (Lipinski definition) is 1. The Kier molecular flexibility index (Phi) is 5.27. The van der Waals surface area contributed by atoms with Crippen LogP contribution in [0.1, 0.15) is 25.5 Å². The van der Waals surface area contributed by atoms with E-state index in [0.717, 1.165) is 10.8 Å². The van der Waals surface area contributed by atoms with Gasteiger partial charge in [0.2, 0.25) is 16.0 Å². The summed E-state index contributed by atoms with van der Waals surface area (Å²) in [6.45, 7) is 3.36. The normalized spacial score (nSPS) is 15.1. The van der Waals surface area contributed by atoms with Crippen molar-refractivity contribution in [2.24, 2.45) is 5.92 Å². The minimum atomic E-state index is -0.158. The van der Waals surface area contributed by atoms with E-state index in [9.17, 15) is 9.59 Å². The van der Waals surface area contributed by atoms with Gasteiger partial charge < -0.3 is 10.2 Å². The van der Waals surface area contributed by atoms with Gasteiger partial charge in [-0.1, -0.05) is 29.9 Å². The van der Waals surface area contributed by atoms with Crippen molar-refractivity contribution in [2.75, 3.05) is 23.3 Å². The summed E-state index contributed by atoms with van der Waals surface area (Å²) in [4.78, 5) is 35.9. The Morgan fingerprint density at radius 1 is 1.36 bits per heavy atom. The highest BCUT2D eigenvalue weighted by Gasteiger charge is 2.27. The lowest BCUT2D eigenvalue weighted by atomic mass is 9.96. The molecule has 0 spiro atoms. The van der Waals surface area contributed by atoms with E-state index in [1.54, 1.807) is 12.1 Å². The Balaban J connectivity index is 1.41. The first kappa shape index (κ1) is 18.8. The molecule has 0 aliphatic carbocycles. The van der Waals surface area contributed by atoms with Crippen LogP contribution in [0.2, 0.25) is 5.02 Å². The summed E-state index contributed by atoms with van der Waals surface area (Å²) < 4.78 is 1.35. The van der Waals surface area contributed by atoms with Crippen molar-refractivity contribution < 1.29 is 4.79 Å². The third kappa shape index (κ3) is 3.85. The monoisotopic (exact) mass is 418 g/mol. The largest absolute Gasteiger partial charge is 0.347 e. The molecule has 4 heterocycles. The van der Waals surface area contributed by atoms with Crippen LogP contribution in [0.3, 0.4) is 0 Å². The van der Waals surface area contributed by atoms with Crippen LogP contribution < -0.4 is 15.8 Å². The van der Waals surface area contributed by atoms with Crippen LogP contribution >= 0.6 is 22.9 Å². The molecular weight excluding hydrogens is 400 g/mol. The lowest BCUT2D eigenvalue weighted by Gasteiger charge is -2.30. The van der Waals surface area contributed by atoms with Gasteiger partial charge in [-0.05, 0) is 31.4 Å².